The number of carbonyl (C=O) groups is 3. The molecule has 10 nitrogen and oxygen atoms in total. The highest BCUT2D eigenvalue weighted by atomic mass is 16.2. The topological polar surface area (TPSA) is 129 Å². The highest BCUT2D eigenvalue weighted by Gasteiger charge is 2.51. The Hall–Kier alpha value is -4.34. The maximum Gasteiger partial charge on any atom is 0.243 e. The van der Waals surface area contributed by atoms with Crippen molar-refractivity contribution in [2.45, 2.75) is 31.1 Å². The normalized spacial score (nSPS) is 20.3. The van der Waals surface area contributed by atoms with E-state index in [1.807, 2.05) is 30.3 Å². The van der Waals surface area contributed by atoms with E-state index in [1.165, 1.54) is 0 Å². The molecule has 37 heavy (non-hydrogen) atoms. The molecule has 2 aromatic heterocycles. The monoisotopic (exact) mass is 497 g/mol. The Morgan fingerprint density at radius 1 is 1.00 bits per heavy atom. The molecule has 10 heteroatoms. The van der Waals surface area contributed by atoms with E-state index in [0.29, 0.717) is 56.2 Å². The molecule has 188 valence electrons. The highest BCUT2D eigenvalue weighted by molar-refractivity contribution is 6.06. The second-order valence-corrected chi connectivity index (χ2v) is 9.85. The van der Waals surface area contributed by atoms with Gasteiger partial charge in [-0.2, -0.15) is 0 Å². The molecule has 1 atom stereocenters. The molecule has 3 aromatic rings. The molecule has 1 spiro atoms. The number of rotatable bonds is 5. The first-order valence-electron chi connectivity index (χ1n) is 12.5. The fourth-order valence-corrected chi connectivity index (χ4v) is 5.66. The van der Waals surface area contributed by atoms with Crippen molar-refractivity contribution in [2.24, 2.45) is 5.92 Å². The van der Waals surface area contributed by atoms with Crippen molar-refractivity contribution in [1.82, 2.24) is 20.3 Å². The number of piperidine rings is 1. The molecule has 1 aliphatic carbocycles. The second kappa shape index (κ2) is 9.27. The van der Waals surface area contributed by atoms with Gasteiger partial charge in [0.25, 0.3) is 0 Å². The molecule has 2 aliphatic heterocycles. The minimum Gasteiger partial charge on any atom is -0.347 e. The number of hydrogen-bond acceptors (Lipinski definition) is 7. The number of nitrogens with zero attached hydrogens (tertiary/aromatic N) is 4. The largest absolute Gasteiger partial charge is 0.347 e. The number of fused-ring (bicyclic) bond motifs is 3. The lowest BCUT2D eigenvalue weighted by Crippen LogP contribution is -2.43. The van der Waals surface area contributed by atoms with Crippen LogP contribution in [0.1, 0.15) is 29.5 Å². The van der Waals surface area contributed by atoms with Gasteiger partial charge in [-0.25, -0.2) is 15.0 Å². The van der Waals surface area contributed by atoms with Gasteiger partial charge in [-0.05, 0) is 61.1 Å². The lowest BCUT2D eigenvalue weighted by molar-refractivity contribution is -0.127. The summed E-state index contributed by atoms with van der Waals surface area (Å²) < 4.78 is 0. The Labute approximate surface area is 213 Å². The minimum atomic E-state index is -0.648. The van der Waals surface area contributed by atoms with Crippen LogP contribution in [0.4, 0.5) is 17.5 Å². The van der Waals surface area contributed by atoms with Gasteiger partial charge in [0.15, 0.2) is 0 Å². The Bertz CT molecular complexity index is 1370. The predicted octanol–water partition coefficient (Wildman–Crippen LogP) is 1.83. The van der Waals surface area contributed by atoms with Crippen molar-refractivity contribution < 1.29 is 14.4 Å². The van der Waals surface area contributed by atoms with Gasteiger partial charge in [-0.15, -0.1) is 0 Å². The first-order chi connectivity index (χ1) is 18.0. The van der Waals surface area contributed by atoms with E-state index in [4.69, 9.17) is 0 Å². The summed E-state index contributed by atoms with van der Waals surface area (Å²) >= 11 is 0. The van der Waals surface area contributed by atoms with Crippen LogP contribution < -0.4 is 20.9 Å². The molecule has 6 rings (SSSR count). The van der Waals surface area contributed by atoms with Crippen molar-refractivity contribution >= 4 is 35.2 Å². The first-order valence-corrected chi connectivity index (χ1v) is 12.5. The molecule has 1 fully saturated rings. The van der Waals surface area contributed by atoms with Crippen molar-refractivity contribution in [1.29, 1.82) is 0 Å². The summed E-state index contributed by atoms with van der Waals surface area (Å²) in [7, 11) is 0. The molecule has 1 unspecified atom stereocenters. The van der Waals surface area contributed by atoms with Gasteiger partial charge in [0, 0.05) is 48.8 Å². The Morgan fingerprint density at radius 2 is 1.76 bits per heavy atom. The fraction of sp³-hybridized carbons (Fsp3) is 0.333. The number of carbonyl (C=O) groups excluding carboxylic acids is 3. The second-order valence-electron chi connectivity index (χ2n) is 9.85. The summed E-state index contributed by atoms with van der Waals surface area (Å²) in [6.07, 6.45) is 7.62. The van der Waals surface area contributed by atoms with Gasteiger partial charge in [0.1, 0.15) is 5.82 Å². The molecule has 1 saturated heterocycles. The maximum atomic E-state index is 12.9. The van der Waals surface area contributed by atoms with Crippen LogP contribution in [-0.4, -0.2) is 52.3 Å². The van der Waals surface area contributed by atoms with Crippen LogP contribution in [0.5, 0.6) is 0 Å². The Balaban J connectivity index is 1.02. The third kappa shape index (κ3) is 4.28. The molecular formula is C27H27N7O3. The summed E-state index contributed by atoms with van der Waals surface area (Å²) in [4.78, 5) is 53.0. The summed E-state index contributed by atoms with van der Waals surface area (Å²) in [5, 5.41) is 8.56. The molecule has 3 amide bonds. The zero-order valence-corrected chi connectivity index (χ0v) is 20.2. The average molecular weight is 498 g/mol. The molecule has 3 N–H and O–H groups in total. The van der Waals surface area contributed by atoms with Crippen molar-refractivity contribution in [3.05, 3.63) is 71.7 Å². The number of hydrogen-bond donors (Lipinski definition) is 3. The van der Waals surface area contributed by atoms with Crippen LogP contribution in [0.15, 0.2) is 55.0 Å². The van der Waals surface area contributed by atoms with Gasteiger partial charge in [0.2, 0.25) is 23.7 Å². The average Bonchev–Trinajstić information content (AvgIpc) is 3.44. The zero-order chi connectivity index (χ0) is 25.4. The van der Waals surface area contributed by atoms with E-state index in [2.05, 4.69) is 35.8 Å². The van der Waals surface area contributed by atoms with Crippen molar-refractivity contribution in [2.75, 3.05) is 35.2 Å². The van der Waals surface area contributed by atoms with Gasteiger partial charge in [-0.3, -0.25) is 14.4 Å². The quantitative estimate of drug-likeness (QED) is 0.490. The predicted molar refractivity (Wildman–Crippen MR) is 137 cm³/mol. The van der Waals surface area contributed by atoms with E-state index in [0.717, 1.165) is 16.7 Å². The van der Waals surface area contributed by atoms with E-state index < -0.39 is 5.41 Å². The smallest absolute Gasteiger partial charge is 0.243 e. The number of pyridine rings is 1. The van der Waals surface area contributed by atoms with Crippen molar-refractivity contribution in [3.63, 3.8) is 0 Å². The molecule has 0 bridgehead atoms. The van der Waals surface area contributed by atoms with Crippen LogP contribution in [0.3, 0.4) is 0 Å². The lowest BCUT2D eigenvalue weighted by Gasteiger charge is -2.31. The van der Waals surface area contributed by atoms with Gasteiger partial charge >= 0.3 is 0 Å². The van der Waals surface area contributed by atoms with E-state index in [1.54, 1.807) is 24.7 Å². The standard InChI is InChI=1S/C27H27N7O3/c35-22(16-31-24(36)17-6-11-34(12-7-17)26-29-9-2-10-30-26)32-20-5-4-18-14-27(15-19(18)13-20)21-3-1-8-28-23(21)33-25(27)37/h1-5,8-10,13,17H,6-7,11-12,14-16H2,(H,31,36)(H,32,35)(H,28,33,37). The lowest BCUT2D eigenvalue weighted by atomic mass is 9.79. The third-order valence-electron chi connectivity index (χ3n) is 7.59. The summed E-state index contributed by atoms with van der Waals surface area (Å²) in [6.45, 7) is 1.30. The van der Waals surface area contributed by atoms with Gasteiger partial charge < -0.3 is 20.9 Å². The molecule has 1 aromatic carbocycles. The molecule has 0 radical (unpaired) electrons. The number of nitrogens with one attached hydrogen (secondary N) is 3. The molecular weight excluding hydrogens is 470 g/mol. The zero-order valence-electron chi connectivity index (χ0n) is 20.2. The highest BCUT2D eigenvalue weighted by Crippen LogP contribution is 2.46. The number of aromatic nitrogens is 3. The summed E-state index contributed by atoms with van der Waals surface area (Å²) in [5.74, 6) is 0.731. The first kappa shape index (κ1) is 23.1. The molecule has 0 saturated carbocycles. The maximum absolute atomic E-state index is 12.9. The molecule has 3 aliphatic rings. The summed E-state index contributed by atoms with van der Waals surface area (Å²) in [6, 6.07) is 11.3. The minimum absolute atomic E-state index is 0.0344. The fourth-order valence-electron chi connectivity index (χ4n) is 5.66. The third-order valence-corrected chi connectivity index (χ3v) is 7.59. The SMILES string of the molecule is O=C(CNC(=O)C1CCN(c2ncccn2)CC1)Nc1ccc2c(c1)CC1(C2)C(=O)Nc2ncccc21. The van der Waals surface area contributed by atoms with E-state index in [9.17, 15) is 14.4 Å². The van der Waals surface area contributed by atoms with Crippen molar-refractivity contribution in [3.8, 4) is 0 Å². The van der Waals surface area contributed by atoms with E-state index in [-0.39, 0.29) is 30.2 Å². The molecule has 4 heterocycles. The van der Waals surface area contributed by atoms with Gasteiger partial charge in [0.05, 0.1) is 12.0 Å². The number of benzene rings is 1. The van der Waals surface area contributed by atoms with Crippen LogP contribution in [0.25, 0.3) is 0 Å². The van der Waals surface area contributed by atoms with E-state index >= 15 is 0 Å². The Morgan fingerprint density at radius 3 is 2.57 bits per heavy atom. The van der Waals surface area contributed by atoms with Crippen LogP contribution in [-0.2, 0) is 32.6 Å². The van der Waals surface area contributed by atoms with Crippen LogP contribution in [0.2, 0.25) is 0 Å². The van der Waals surface area contributed by atoms with Crippen LogP contribution >= 0.6 is 0 Å². The summed E-state index contributed by atoms with van der Waals surface area (Å²) in [5.41, 5.74) is 3.04. The number of amides is 3. The number of anilines is 3. The van der Waals surface area contributed by atoms with Crippen LogP contribution in [0, 0.1) is 5.92 Å². The Kier molecular flexibility index (Phi) is 5.78. The van der Waals surface area contributed by atoms with Gasteiger partial charge in [-0.1, -0.05) is 12.1 Å².